The molecule has 0 spiro atoms. The molecule has 1 aliphatic rings. The largest absolute Gasteiger partial charge is 0.342 e. The molecule has 0 atom stereocenters. The van der Waals surface area contributed by atoms with Crippen molar-refractivity contribution in [2.45, 2.75) is 31.6 Å². The van der Waals surface area contributed by atoms with E-state index in [1.165, 1.54) is 4.31 Å². The number of nitrogens with one attached hydrogen (secondary N) is 1. The molecule has 0 radical (unpaired) electrons. The zero-order chi connectivity index (χ0) is 21.3. The van der Waals surface area contributed by atoms with E-state index < -0.39 is 10.0 Å². The van der Waals surface area contributed by atoms with Gasteiger partial charge in [0.15, 0.2) is 0 Å². The molecule has 0 unspecified atom stereocenters. The van der Waals surface area contributed by atoms with Gasteiger partial charge < -0.3 is 9.88 Å². The molecule has 2 heterocycles. The van der Waals surface area contributed by atoms with Crippen LogP contribution < -0.4 is 0 Å². The van der Waals surface area contributed by atoms with Gasteiger partial charge in [0.2, 0.25) is 15.9 Å². The number of para-hydroxylation sites is 2. The molecule has 1 aliphatic heterocycles. The molecule has 0 bridgehead atoms. The predicted molar refractivity (Wildman–Crippen MR) is 116 cm³/mol. The summed E-state index contributed by atoms with van der Waals surface area (Å²) >= 11 is 0. The quantitative estimate of drug-likeness (QED) is 0.680. The van der Waals surface area contributed by atoms with Crippen LogP contribution in [0, 0.1) is 13.8 Å². The first kappa shape index (κ1) is 20.6. The lowest BCUT2D eigenvalue weighted by molar-refractivity contribution is -0.132. The third-order valence-corrected chi connectivity index (χ3v) is 7.61. The molecule has 4 rings (SSSR count). The van der Waals surface area contributed by atoms with Crippen molar-refractivity contribution in [1.29, 1.82) is 0 Å². The second-order valence-electron chi connectivity index (χ2n) is 7.75. The Balaban J connectivity index is 1.35. The lowest BCUT2D eigenvalue weighted by atomic mass is 10.2. The number of piperazine rings is 1. The number of nitrogens with zero attached hydrogens (tertiary/aromatic N) is 3. The Morgan fingerprint density at radius 3 is 2.50 bits per heavy atom. The zero-order valence-corrected chi connectivity index (χ0v) is 18.1. The van der Waals surface area contributed by atoms with Crippen LogP contribution in [0.5, 0.6) is 0 Å². The lowest BCUT2D eigenvalue weighted by Crippen LogP contribution is -2.50. The molecule has 2 aromatic carbocycles. The highest BCUT2D eigenvalue weighted by Crippen LogP contribution is 2.22. The molecule has 1 N–H and O–H groups in total. The summed E-state index contributed by atoms with van der Waals surface area (Å²) in [7, 11) is -3.55. The summed E-state index contributed by atoms with van der Waals surface area (Å²) in [5, 5.41) is 0. The first-order valence-electron chi connectivity index (χ1n) is 10.1. The molecule has 0 saturated carbocycles. The number of aromatic nitrogens is 2. The number of aryl methyl sites for hydroxylation is 3. The fourth-order valence-electron chi connectivity index (χ4n) is 3.91. The lowest BCUT2D eigenvalue weighted by Gasteiger charge is -2.34. The average molecular weight is 427 g/mol. The van der Waals surface area contributed by atoms with Crippen molar-refractivity contribution in [1.82, 2.24) is 19.2 Å². The Bertz CT molecular complexity index is 1150. The maximum atomic E-state index is 13.0. The number of sulfonamides is 1. The molecule has 158 valence electrons. The Morgan fingerprint density at radius 2 is 1.80 bits per heavy atom. The number of aromatic amines is 1. The summed E-state index contributed by atoms with van der Waals surface area (Å²) in [6.07, 6.45) is 0.887. The zero-order valence-electron chi connectivity index (χ0n) is 17.3. The molecule has 1 aromatic heterocycles. The highest BCUT2D eigenvalue weighted by atomic mass is 32.2. The van der Waals surface area contributed by atoms with E-state index in [1.807, 2.05) is 50.2 Å². The summed E-state index contributed by atoms with van der Waals surface area (Å²) in [5.41, 5.74) is 3.64. The number of H-pyrrole nitrogens is 1. The number of amides is 1. The number of benzene rings is 2. The Morgan fingerprint density at radius 1 is 1.07 bits per heavy atom. The molecule has 7 nitrogen and oxygen atoms in total. The number of rotatable bonds is 5. The van der Waals surface area contributed by atoms with Crippen LogP contribution in [0.3, 0.4) is 0 Å². The number of fused-ring (bicyclic) bond motifs is 1. The van der Waals surface area contributed by atoms with Gasteiger partial charge in [0, 0.05) is 39.0 Å². The maximum absolute atomic E-state index is 13.0. The topological polar surface area (TPSA) is 86.4 Å². The minimum Gasteiger partial charge on any atom is -0.342 e. The van der Waals surface area contributed by atoms with Crippen LogP contribution >= 0.6 is 0 Å². The normalized spacial score (nSPS) is 15.6. The van der Waals surface area contributed by atoms with E-state index in [4.69, 9.17) is 0 Å². The first-order valence-corrected chi connectivity index (χ1v) is 11.6. The van der Waals surface area contributed by atoms with Gasteiger partial charge in [-0.2, -0.15) is 4.31 Å². The minimum absolute atomic E-state index is 0.0269. The van der Waals surface area contributed by atoms with E-state index in [1.54, 1.807) is 11.0 Å². The van der Waals surface area contributed by atoms with E-state index in [0.29, 0.717) is 43.9 Å². The van der Waals surface area contributed by atoms with Crippen molar-refractivity contribution in [3.63, 3.8) is 0 Å². The summed E-state index contributed by atoms with van der Waals surface area (Å²) in [6, 6.07) is 13.1. The van der Waals surface area contributed by atoms with Gasteiger partial charge in [-0.1, -0.05) is 29.8 Å². The number of imidazole rings is 1. The molecule has 1 fully saturated rings. The highest BCUT2D eigenvalue weighted by molar-refractivity contribution is 7.89. The highest BCUT2D eigenvalue weighted by Gasteiger charge is 2.30. The summed E-state index contributed by atoms with van der Waals surface area (Å²) < 4.78 is 27.5. The van der Waals surface area contributed by atoms with E-state index >= 15 is 0 Å². The maximum Gasteiger partial charge on any atom is 0.243 e. The average Bonchev–Trinajstić information content (AvgIpc) is 3.15. The third-order valence-electron chi connectivity index (χ3n) is 5.55. The second kappa shape index (κ2) is 8.20. The van der Waals surface area contributed by atoms with Crippen molar-refractivity contribution in [3.8, 4) is 0 Å². The fraction of sp³-hybridized carbons (Fsp3) is 0.364. The van der Waals surface area contributed by atoms with Crippen molar-refractivity contribution < 1.29 is 13.2 Å². The van der Waals surface area contributed by atoms with Crippen LogP contribution in [0.1, 0.15) is 23.4 Å². The molecule has 1 amide bonds. The number of hydrogen-bond donors (Lipinski definition) is 1. The van der Waals surface area contributed by atoms with Crippen LogP contribution in [0.4, 0.5) is 0 Å². The number of carbonyl (C=O) groups is 1. The predicted octanol–water partition coefficient (Wildman–Crippen LogP) is 2.65. The van der Waals surface area contributed by atoms with Crippen LogP contribution in [0.15, 0.2) is 47.4 Å². The molecular formula is C22H26N4O3S. The standard InChI is InChI=1S/C22H26N4O3S/c1-16-7-8-20(17(2)15-16)30(28,29)26-13-11-25(12-14-26)22(27)10-9-21-23-18-5-3-4-6-19(18)24-21/h3-8,15H,9-14H2,1-2H3,(H,23,24). The molecule has 8 heteroatoms. The van der Waals surface area contributed by atoms with Crippen LogP contribution in [0.2, 0.25) is 0 Å². The van der Waals surface area contributed by atoms with Crippen LogP contribution in [-0.4, -0.2) is 59.7 Å². The molecule has 1 saturated heterocycles. The Kier molecular flexibility index (Phi) is 5.62. The van der Waals surface area contributed by atoms with E-state index in [9.17, 15) is 13.2 Å². The van der Waals surface area contributed by atoms with Gasteiger partial charge in [0.25, 0.3) is 0 Å². The van der Waals surface area contributed by atoms with E-state index in [0.717, 1.165) is 28.0 Å². The van der Waals surface area contributed by atoms with Crippen molar-refractivity contribution >= 4 is 27.0 Å². The minimum atomic E-state index is -3.55. The van der Waals surface area contributed by atoms with Gasteiger partial charge in [-0.05, 0) is 37.6 Å². The molecule has 30 heavy (non-hydrogen) atoms. The third kappa shape index (κ3) is 4.11. The molecule has 3 aromatic rings. The van der Waals surface area contributed by atoms with Crippen LogP contribution in [0.25, 0.3) is 11.0 Å². The number of carbonyl (C=O) groups excluding carboxylic acids is 1. The number of hydrogen-bond acceptors (Lipinski definition) is 4. The van der Waals surface area contributed by atoms with Gasteiger partial charge in [-0.25, -0.2) is 13.4 Å². The SMILES string of the molecule is Cc1ccc(S(=O)(=O)N2CCN(C(=O)CCc3nc4ccccc4[nH]3)CC2)c(C)c1. The summed E-state index contributed by atoms with van der Waals surface area (Å²) in [4.78, 5) is 22.5. The van der Waals surface area contributed by atoms with Crippen molar-refractivity contribution in [2.24, 2.45) is 0 Å². The van der Waals surface area contributed by atoms with Crippen LogP contribution in [-0.2, 0) is 21.2 Å². The van der Waals surface area contributed by atoms with Gasteiger partial charge in [-0.15, -0.1) is 0 Å². The van der Waals surface area contributed by atoms with E-state index in [-0.39, 0.29) is 5.91 Å². The Hall–Kier alpha value is -2.71. The first-order chi connectivity index (χ1) is 14.3. The van der Waals surface area contributed by atoms with Crippen molar-refractivity contribution in [2.75, 3.05) is 26.2 Å². The molecular weight excluding hydrogens is 400 g/mol. The van der Waals surface area contributed by atoms with Crippen molar-refractivity contribution in [3.05, 3.63) is 59.4 Å². The van der Waals surface area contributed by atoms with Gasteiger partial charge in [-0.3, -0.25) is 4.79 Å². The van der Waals surface area contributed by atoms with Gasteiger partial charge >= 0.3 is 0 Å². The fourth-order valence-corrected chi connectivity index (χ4v) is 5.54. The van der Waals surface area contributed by atoms with E-state index in [2.05, 4.69) is 9.97 Å². The second-order valence-corrected chi connectivity index (χ2v) is 9.66. The Labute approximate surface area is 176 Å². The summed E-state index contributed by atoms with van der Waals surface area (Å²) in [5.74, 6) is 0.819. The molecule has 0 aliphatic carbocycles. The summed E-state index contributed by atoms with van der Waals surface area (Å²) in [6.45, 7) is 5.20. The monoisotopic (exact) mass is 426 g/mol. The van der Waals surface area contributed by atoms with Gasteiger partial charge in [0.05, 0.1) is 15.9 Å². The smallest absolute Gasteiger partial charge is 0.243 e. The van der Waals surface area contributed by atoms with Gasteiger partial charge in [0.1, 0.15) is 5.82 Å².